The molecular formula is C16H11N3O5. The highest BCUT2D eigenvalue weighted by Gasteiger charge is 2.21. The van der Waals surface area contributed by atoms with Gasteiger partial charge in [0.2, 0.25) is 5.76 Å². The zero-order chi connectivity index (χ0) is 16.5. The number of anilines is 2. The van der Waals surface area contributed by atoms with E-state index in [1.807, 2.05) is 0 Å². The maximum Gasteiger partial charge on any atom is 0.277 e. The van der Waals surface area contributed by atoms with Gasteiger partial charge in [0, 0.05) is 6.07 Å². The maximum atomic E-state index is 12.3. The summed E-state index contributed by atoms with van der Waals surface area (Å²) in [5, 5.41) is 9.10. The van der Waals surface area contributed by atoms with Crippen LogP contribution in [0, 0.1) is 0 Å². The average molecular weight is 325 g/mol. The van der Waals surface area contributed by atoms with Gasteiger partial charge in [-0.2, -0.15) is 0 Å². The normalized spacial score (nSPS) is 12.9. The first-order chi connectivity index (χ1) is 11.7. The fourth-order valence-electron chi connectivity index (χ4n) is 2.32. The van der Waals surface area contributed by atoms with Crippen LogP contribution in [0.1, 0.15) is 10.5 Å². The Morgan fingerprint density at radius 2 is 2.12 bits per heavy atom. The lowest BCUT2D eigenvalue weighted by atomic mass is 10.2. The molecule has 3 aromatic rings. The first-order valence-electron chi connectivity index (χ1n) is 7.08. The molecular weight excluding hydrogens is 314 g/mol. The number of hydrogen-bond donors (Lipinski definition) is 2. The van der Waals surface area contributed by atoms with Gasteiger partial charge in [0.05, 0.1) is 17.6 Å². The molecule has 0 fully saturated rings. The number of carbonyl (C=O) groups excluding carboxylic acids is 2. The van der Waals surface area contributed by atoms with E-state index in [1.165, 1.54) is 12.3 Å². The van der Waals surface area contributed by atoms with E-state index in [2.05, 4.69) is 15.8 Å². The third-order valence-corrected chi connectivity index (χ3v) is 3.39. The molecule has 0 unspecified atom stereocenters. The van der Waals surface area contributed by atoms with Crippen LogP contribution < -0.4 is 15.4 Å². The summed E-state index contributed by atoms with van der Waals surface area (Å²) in [7, 11) is 0. The van der Waals surface area contributed by atoms with Crippen LogP contribution in [0.25, 0.3) is 11.5 Å². The summed E-state index contributed by atoms with van der Waals surface area (Å²) in [4.78, 5) is 23.7. The Morgan fingerprint density at radius 3 is 2.96 bits per heavy atom. The number of aromatic nitrogens is 1. The fourth-order valence-corrected chi connectivity index (χ4v) is 2.32. The fraction of sp³-hybridized carbons (Fsp3) is 0.0625. The van der Waals surface area contributed by atoms with Crippen molar-refractivity contribution in [3.05, 3.63) is 48.4 Å². The monoisotopic (exact) mass is 325 g/mol. The van der Waals surface area contributed by atoms with Crippen molar-refractivity contribution in [2.24, 2.45) is 0 Å². The highest BCUT2D eigenvalue weighted by atomic mass is 16.5. The molecule has 2 aromatic heterocycles. The summed E-state index contributed by atoms with van der Waals surface area (Å²) in [6, 6.07) is 9.94. The maximum absolute atomic E-state index is 12.3. The third kappa shape index (κ3) is 2.50. The van der Waals surface area contributed by atoms with Gasteiger partial charge in [-0.3, -0.25) is 9.59 Å². The number of para-hydroxylation sites is 1. The summed E-state index contributed by atoms with van der Waals surface area (Å²) >= 11 is 0. The molecule has 0 saturated heterocycles. The number of ether oxygens (including phenoxy) is 1. The lowest BCUT2D eigenvalue weighted by Gasteiger charge is -2.20. The zero-order valence-electron chi connectivity index (χ0n) is 12.2. The summed E-state index contributed by atoms with van der Waals surface area (Å²) in [6.07, 6.45) is 1.50. The van der Waals surface area contributed by atoms with Gasteiger partial charge in [-0.15, -0.1) is 0 Å². The van der Waals surface area contributed by atoms with Gasteiger partial charge in [0.25, 0.3) is 11.8 Å². The summed E-state index contributed by atoms with van der Waals surface area (Å²) in [5.41, 5.74) is 1.03. The van der Waals surface area contributed by atoms with E-state index in [1.54, 1.807) is 30.3 Å². The molecule has 2 N–H and O–H groups in total. The minimum absolute atomic E-state index is 0.0962. The lowest BCUT2D eigenvalue weighted by molar-refractivity contribution is -0.118. The number of hydrogen-bond acceptors (Lipinski definition) is 6. The average Bonchev–Trinajstić information content (AvgIpc) is 3.26. The van der Waals surface area contributed by atoms with Crippen LogP contribution in [-0.4, -0.2) is 23.6 Å². The molecule has 0 bridgehead atoms. The van der Waals surface area contributed by atoms with E-state index in [0.717, 1.165) is 0 Å². The van der Waals surface area contributed by atoms with Gasteiger partial charge in [0.15, 0.2) is 23.8 Å². The van der Waals surface area contributed by atoms with E-state index in [0.29, 0.717) is 28.6 Å². The second-order valence-electron chi connectivity index (χ2n) is 5.03. The molecule has 4 rings (SSSR count). The van der Waals surface area contributed by atoms with E-state index in [9.17, 15) is 9.59 Å². The van der Waals surface area contributed by atoms with Crippen LogP contribution in [0.4, 0.5) is 11.4 Å². The minimum Gasteiger partial charge on any atom is -0.479 e. The first kappa shape index (κ1) is 14.1. The minimum atomic E-state index is -0.467. The molecule has 1 aliphatic rings. The number of nitrogens with zero attached hydrogens (tertiary/aromatic N) is 1. The number of carbonyl (C=O) groups is 2. The molecule has 0 radical (unpaired) electrons. The Hall–Kier alpha value is -3.55. The highest BCUT2D eigenvalue weighted by Crippen LogP contribution is 2.35. The standard InChI is InChI=1S/C16H11N3O5/c20-14-8-23-15-9(17-14)3-1-4-10(15)18-16(21)11-7-13(24-19-11)12-5-2-6-22-12/h1-7H,8H2,(H,17,20)(H,18,21). The largest absolute Gasteiger partial charge is 0.479 e. The molecule has 8 nitrogen and oxygen atoms in total. The Bertz CT molecular complexity index is 914. The smallest absolute Gasteiger partial charge is 0.277 e. The molecule has 2 amide bonds. The molecule has 0 aliphatic carbocycles. The molecule has 8 heteroatoms. The van der Waals surface area contributed by atoms with Crippen molar-refractivity contribution in [3.63, 3.8) is 0 Å². The SMILES string of the molecule is O=C1COc2c(cccc2NC(=O)c2cc(-c3ccco3)on2)N1. The van der Waals surface area contributed by atoms with Crippen LogP contribution >= 0.6 is 0 Å². The van der Waals surface area contributed by atoms with E-state index < -0.39 is 5.91 Å². The molecule has 1 aromatic carbocycles. The number of furan rings is 1. The summed E-state index contributed by atoms with van der Waals surface area (Å²) in [5.74, 6) is 0.518. The van der Waals surface area contributed by atoms with Crippen molar-refractivity contribution in [2.75, 3.05) is 17.2 Å². The van der Waals surface area contributed by atoms with Crippen molar-refractivity contribution in [3.8, 4) is 17.3 Å². The van der Waals surface area contributed by atoms with Crippen LogP contribution in [0.3, 0.4) is 0 Å². The van der Waals surface area contributed by atoms with E-state index in [4.69, 9.17) is 13.7 Å². The Kier molecular flexibility index (Phi) is 3.27. The van der Waals surface area contributed by atoms with Crippen LogP contribution in [0.15, 0.2) is 51.6 Å². The number of rotatable bonds is 3. The predicted octanol–water partition coefficient (Wildman–Crippen LogP) is 2.52. The third-order valence-electron chi connectivity index (χ3n) is 3.39. The molecule has 24 heavy (non-hydrogen) atoms. The molecule has 0 spiro atoms. The van der Waals surface area contributed by atoms with Crippen LogP contribution in [0.5, 0.6) is 5.75 Å². The van der Waals surface area contributed by atoms with Crippen LogP contribution in [-0.2, 0) is 4.79 Å². The highest BCUT2D eigenvalue weighted by molar-refractivity contribution is 6.06. The van der Waals surface area contributed by atoms with Crippen molar-refractivity contribution in [1.82, 2.24) is 5.16 Å². The summed E-state index contributed by atoms with van der Waals surface area (Å²) in [6.45, 7) is -0.105. The molecule has 0 atom stereocenters. The second-order valence-corrected chi connectivity index (χ2v) is 5.03. The molecule has 0 saturated carbocycles. The van der Waals surface area contributed by atoms with E-state index >= 15 is 0 Å². The second kappa shape index (κ2) is 5.58. The van der Waals surface area contributed by atoms with Gasteiger partial charge in [-0.25, -0.2) is 0 Å². The topological polar surface area (TPSA) is 107 Å². The van der Waals surface area contributed by atoms with Gasteiger partial charge in [-0.1, -0.05) is 11.2 Å². The van der Waals surface area contributed by atoms with Crippen molar-refractivity contribution < 1.29 is 23.3 Å². The van der Waals surface area contributed by atoms with Crippen molar-refractivity contribution in [1.29, 1.82) is 0 Å². The Morgan fingerprint density at radius 1 is 1.21 bits per heavy atom. The number of amides is 2. The Labute approximate surface area is 135 Å². The number of benzene rings is 1. The van der Waals surface area contributed by atoms with Gasteiger partial charge >= 0.3 is 0 Å². The predicted molar refractivity (Wildman–Crippen MR) is 82.7 cm³/mol. The summed E-state index contributed by atoms with van der Waals surface area (Å²) < 4.78 is 15.7. The zero-order valence-corrected chi connectivity index (χ0v) is 12.2. The lowest BCUT2D eigenvalue weighted by Crippen LogP contribution is -2.26. The molecule has 120 valence electrons. The molecule has 3 heterocycles. The van der Waals surface area contributed by atoms with Crippen LogP contribution in [0.2, 0.25) is 0 Å². The van der Waals surface area contributed by atoms with Crippen molar-refractivity contribution in [2.45, 2.75) is 0 Å². The quantitative estimate of drug-likeness (QED) is 0.766. The Balaban J connectivity index is 1.57. The first-order valence-corrected chi connectivity index (χ1v) is 7.08. The van der Waals surface area contributed by atoms with Gasteiger partial charge in [0.1, 0.15) is 0 Å². The van der Waals surface area contributed by atoms with Gasteiger partial charge in [-0.05, 0) is 24.3 Å². The number of nitrogens with one attached hydrogen (secondary N) is 2. The van der Waals surface area contributed by atoms with Crippen molar-refractivity contribution >= 4 is 23.2 Å². The van der Waals surface area contributed by atoms with Gasteiger partial charge < -0.3 is 24.3 Å². The molecule has 1 aliphatic heterocycles. The number of fused-ring (bicyclic) bond motifs is 1. The van der Waals surface area contributed by atoms with E-state index in [-0.39, 0.29) is 18.2 Å².